The van der Waals surface area contributed by atoms with E-state index < -0.39 is 11.6 Å². The monoisotopic (exact) mass is 243 g/mol. The van der Waals surface area contributed by atoms with Gasteiger partial charge in [0.25, 0.3) is 0 Å². The zero-order valence-electron chi connectivity index (χ0n) is 11.0. The van der Waals surface area contributed by atoms with Crippen LogP contribution in [-0.2, 0) is 11.2 Å². The topological polar surface area (TPSA) is 20.3 Å². The van der Waals surface area contributed by atoms with Gasteiger partial charge in [-0.05, 0) is 18.6 Å². The van der Waals surface area contributed by atoms with Gasteiger partial charge in [0.2, 0.25) is 0 Å². The van der Waals surface area contributed by atoms with E-state index >= 15 is 0 Å². The minimum atomic E-state index is -0.507. The summed E-state index contributed by atoms with van der Waals surface area (Å²) < 4.78 is 27.2. The van der Waals surface area contributed by atoms with Crippen LogP contribution >= 0.6 is 0 Å². The zero-order valence-corrected chi connectivity index (χ0v) is 11.0. The van der Waals surface area contributed by atoms with E-state index in [1.54, 1.807) is 14.1 Å². The molecule has 0 saturated carbocycles. The molecule has 0 fully saturated rings. The van der Waals surface area contributed by atoms with E-state index in [4.69, 9.17) is 0 Å². The van der Waals surface area contributed by atoms with E-state index in [-0.39, 0.29) is 23.2 Å². The Kier molecular flexibility index (Phi) is 6.39. The van der Waals surface area contributed by atoms with E-state index in [0.29, 0.717) is 6.29 Å². The van der Waals surface area contributed by atoms with Crippen molar-refractivity contribution in [2.75, 3.05) is 19.0 Å². The van der Waals surface area contributed by atoms with Crippen molar-refractivity contribution in [3.63, 3.8) is 0 Å². The number of carbonyl (C=O) groups excluding carboxylic acids is 1. The van der Waals surface area contributed by atoms with Crippen LogP contribution in [0.5, 0.6) is 0 Å². The molecule has 0 saturated heterocycles. The second-order valence-electron chi connectivity index (χ2n) is 3.58. The Labute approximate surface area is 101 Å². The Morgan fingerprint density at radius 1 is 1.29 bits per heavy atom. The van der Waals surface area contributed by atoms with Crippen molar-refractivity contribution < 1.29 is 13.6 Å². The number of aryl methyl sites for hydroxylation is 1. The molecule has 0 amide bonds. The smallest absolute Gasteiger partial charge is 0.147 e. The molecular weight excluding hydrogens is 224 g/mol. The number of benzene rings is 1. The molecule has 17 heavy (non-hydrogen) atoms. The first-order valence-corrected chi connectivity index (χ1v) is 5.57. The second kappa shape index (κ2) is 6.99. The van der Waals surface area contributed by atoms with Gasteiger partial charge in [0, 0.05) is 26.1 Å². The standard InChI is InChI=1S/C11H13F2NO.C2H6/c1-7-6-9(12)11(14(2)3)8(4-5-15)10(7)13;1-2/h5-6H,4H2,1-3H3;1-2H3. The molecule has 1 aromatic carbocycles. The molecule has 2 nitrogen and oxygen atoms in total. The zero-order chi connectivity index (χ0) is 13.6. The molecule has 0 aliphatic heterocycles. The Balaban J connectivity index is 0.00000121. The maximum absolute atomic E-state index is 13.6. The van der Waals surface area contributed by atoms with Crippen LogP contribution in [0.25, 0.3) is 0 Å². The third kappa shape index (κ3) is 3.51. The van der Waals surface area contributed by atoms with Gasteiger partial charge in [-0.25, -0.2) is 8.78 Å². The number of hydrogen-bond donors (Lipinski definition) is 0. The number of carbonyl (C=O) groups is 1. The molecule has 0 atom stereocenters. The van der Waals surface area contributed by atoms with Crippen LogP contribution in [0.1, 0.15) is 25.0 Å². The van der Waals surface area contributed by atoms with Gasteiger partial charge in [-0.1, -0.05) is 13.8 Å². The Hall–Kier alpha value is -1.45. The number of aldehydes is 1. The highest BCUT2D eigenvalue weighted by Crippen LogP contribution is 2.27. The summed E-state index contributed by atoms with van der Waals surface area (Å²) in [4.78, 5) is 11.9. The van der Waals surface area contributed by atoms with Crippen molar-refractivity contribution >= 4 is 12.0 Å². The summed E-state index contributed by atoms with van der Waals surface area (Å²) in [5.41, 5.74) is 0.479. The lowest BCUT2D eigenvalue weighted by Gasteiger charge is -2.19. The molecule has 4 heteroatoms. The van der Waals surface area contributed by atoms with Crippen LogP contribution in [-0.4, -0.2) is 20.4 Å². The van der Waals surface area contributed by atoms with Crippen molar-refractivity contribution in [3.05, 3.63) is 28.8 Å². The highest BCUT2D eigenvalue weighted by Gasteiger charge is 2.17. The van der Waals surface area contributed by atoms with Gasteiger partial charge in [0.15, 0.2) is 0 Å². The number of nitrogens with zero attached hydrogens (tertiary/aromatic N) is 1. The van der Waals surface area contributed by atoms with Crippen LogP contribution in [0.15, 0.2) is 6.07 Å². The Morgan fingerprint density at radius 3 is 2.24 bits per heavy atom. The molecule has 0 aromatic heterocycles. The molecule has 1 rings (SSSR count). The lowest BCUT2D eigenvalue weighted by atomic mass is 10.0. The fourth-order valence-electron chi connectivity index (χ4n) is 1.56. The van der Waals surface area contributed by atoms with Crippen molar-refractivity contribution in [2.45, 2.75) is 27.2 Å². The summed E-state index contributed by atoms with van der Waals surface area (Å²) in [7, 11) is 3.23. The minimum Gasteiger partial charge on any atom is -0.375 e. The lowest BCUT2D eigenvalue weighted by molar-refractivity contribution is -0.107. The number of rotatable bonds is 3. The highest BCUT2D eigenvalue weighted by molar-refractivity contribution is 5.65. The summed E-state index contributed by atoms with van der Waals surface area (Å²) in [5, 5.41) is 0. The predicted octanol–water partition coefficient (Wildman–Crippen LogP) is 3.11. The summed E-state index contributed by atoms with van der Waals surface area (Å²) in [6, 6.07) is 1.14. The van der Waals surface area contributed by atoms with Gasteiger partial charge >= 0.3 is 0 Å². The van der Waals surface area contributed by atoms with E-state index in [9.17, 15) is 13.6 Å². The normalized spacial score (nSPS) is 9.35. The average Bonchev–Trinajstić information content (AvgIpc) is 2.28. The largest absolute Gasteiger partial charge is 0.375 e. The molecule has 0 heterocycles. The van der Waals surface area contributed by atoms with Crippen LogP contribution in [0.2, 0.25) is 0 Å². The van der Waals surface area contributed by atoms with Gasteiger partial charge in [-0.2, -0.15) is 0 Å². The quantitative estimate of drug-likeness (QED) is 0.760. The van der Waals surface area contributed by atoms with Crippen molar-refractivity contribution in [3.8, 4) is 0 Å². The van der Waals surface area contributed by atoms with Gasteiger partial charge in [-0.3, -0.25) is 0 Å². The predicted molar refractivity (Wildman–Crippen MR) is 66.5 cm³/mol. The van der Waals surface area contributed by atoms with E-state index in [1.807, 2.05) is 13.8 Å². The van der Waals surface area contributed by atoms with Crippen LogP contribution < -0.4 is 4.90 Å². The number of hydrogen-bond acceptors (Lipinski definition) is 2. The summed E-state index contributed by atoms with van der Waals surface area (Å²) in [5.74, 6) is -1.01. The molecular formula is C13H19F2NO. The average molecular weight is 243 g/mol. The first-order valence-electron chi connectivity index (χ1n) is 5.57. The number of anilines is 1. The van der Waals surface area contributed by atoms with Gasteiger partial charge in [0.05, 0.1) is 5.69 Å². The molecule has 0 spiro atoms. The minimum absolute atomic E-state index is 0.113. The molecule has 0 aliphatic carbocycles. The highest BCUT2D eigenvalue weighted by atomic mass is 19.1. The molecule has 1 aromatic rings. The first kappa shape index (κ1) is 15.6. The van der Waals surface area contributed by atoms with Gasteiger partial charge in [-0.15, -0.1) is 0 Å². The van der Waals surface area contributed by atoms with E-state index in [1.165, 1.54) is 11.8 Å². The maximum Gasteiger partial charge on any atom is 0.147 e. The molecule has 0 N–H and O–H groups in total. The van der Waals surface area contributed by atoms with Gasteiger partial charge < -0.3 is 9.69 Å². The second-order valence-corrected chi connectivity index (χ2v) is 3.58. The first-order chi connectivity index (χ1) is 7.99. The summed E-state index contributed by atoms with van der Waals surface area (Å²) in [6.45, 7) is 5.48. The molecule has 0 unspecified atom stereocenters. The fraction of sp³-hybridized carbons (Fsp3) is 0.462. The maximum atomic E-state index is 13.6. The molecule has 0 radical (unpaired) electrons. The Morgan fingerprint density at radius 2 is 1.82 bits per heavy atom. The van der Waals surface area contributed by atoms with E-state index in [0.717, 1.165) is 6.07 Å². The third-order valence-corrected chi connectivity index (χ3v) is 2.20. The van der Waals surface area contributed by atoms with E-state index in [2.05, 4.69) is 0 Å². The van der Waals surface area contributed by atoms with Crippen LogP contribution in [0.4, 0.5) is 14.5 Å². The fourth-order valence-corrected chi connectivity index (χ4v) is 1.56. The lowest BCUT2D eigenvalue weighted by Crippen LogP contribution is -2.15. The van der Waals surface area contributed by atoms with Gasteiger partial charge in [0.1, 0.15) is 17.9 Å². The SMILES string of the molecule is CC.Cc1cc(F)c(N(C)C)c(CC=O)c1F. The summed E-state index contributed by atoms with van der Waals surface area (Å²) >= 11 is 0. The molecule has 96 valence electrons. The van der Waals surface area contributed by atoms with Crippen molar-refractivity contribution in [1.29, 1.82) is 0 Å². The molecule has 0 bridgehead atoms. The van der Waals surface area contributed by atoms with Crippen LogP contribution in [0, 0.1) is 18.6 Å². The molecule has 0 aliphatic rings. The third-order valence-electron chi connectivity index (χ3n) is 2.20. The summed E-state index contributed by atoms with van der Waals surface area (Å²) in [6.07, 6.45) is 0.461. The number of halogens is 2. The van der Waals surface area contributed by atoms with Crippen molar-refractivity contribution in [1.82, 2.24) is 0 Å². The van der Waals surface area contributed by atoms with Crippen LogP contribution in [0.3, 0.4) is 0 Å². The van der Waals surface area contributed by atoms with Crippen molar-refractivity contribution in [2.24, 2.45) is 0 Å². The Bertz CT molecular complexity index is 389.